The zero-order valence-corrected chi connectivity index (χ0v) is 32.0. The van der Waals surface area contributed by atoms with Crippen LogP contribution in [0.3, 0.4) is 0 Å². The zero-order chi connectivity index (χ0) is 38.9. The molecule has 2 heterocycles. The lowest BCUT2D eigenvalue weighted by molar-refractivity contribution is 0.670. The summed E-state index contributed by atoms with van der Waals surface area (Å²) in [5.41, 5.74) is 13.5. The van der Waals surface area contributed by atoms with Gasteiger partial charge in [0.05, 0.1) is 5.69 Å². The molecule has 3 heteroatoms. The molecule has 0 spiro atoms. The third-order valence-electron chi connectivity index (χ3n) is 11.9. The number of hydrogen-bond acceptors (Lipinski definition) is 3. The molecule has 276 valence electrons. The molecule has 0 atom stereocenters. The molecule has 10 aromatic carbocycles. The van der Waals surface area contributed by atoms with E-state index in [-0.39, 0.29) is 0 Å². The second-order valence-corrected chi connectivity index (χ2v) is 15.2. The largest absolute Gasteiger partial charge is 0.455 e. The number of benzene rings is 10. The molecule has 0 amide bonds. The quantitative estimate of drug-likeness (QED) is 0.169. The highest BCUT2D eigenvalue weighted by Gasteiger charge is 2.20. The molecule has 0 radical (unpaired) electrons. The Morgan fingerprint density at radius 3 is 1.25 bits per heavy atom. The first kappa shape index (κ1) is 33.3. The third-order valence-corrected chi connectivity index (χ3v) is 11.9. The monoisotopic (exact) mass is 753 g/mol. The number of hydrogen-bond donors (Lipinski definition) is 0. The molecule has 0 aliphatic rings. The van der Waals surface area contributed by atoms with Crippen molar-refractivity contribution in [1.29, 1.82) is 0 Å². The van der Waals surface area contributed by atoms with Crippen molar-refractivity contribution in [3.05, 3.63) is 212 Å². The van der Waals surface area contributed by atoms with Crippen molar-refractivity contribution in [2.45, 2.75) is 0 Å². The number of nitrogens with zero attached hydrogens (tertiary/aromatic N) is 1. The molecule has 0 N–H and O–H groups in total. The van der Waals surface area contributed by atoms with Gasteiger partial charge in [-0.3, -0.25) is 0 Å². The molecule has 12 aromatic rings. The van der Waals surface area contributed by atoms with E-state index in [1.165, 1.54) is 21.5 Å². The fraction of sp³-hybridized carbons (Fsp3) is 0. The van der Waals surface area contributed by atoms with Crippen LogP contribution in [0.5, 0.6) is 0 Å². The second kappa shape index (κ2) is 13.4. The SMILES string of the molecule is c1ccc(-c2ccccc2N(c2ccc(-c3cccc4c3oc3ccc5ccccc5c34)cc2)c2ccc(-c3cccc4c3oc3ccc5ccccc5c34)cc2)cc1. The molecule has 0 aliphatic carbocycles. The Hall–Kier alpha value is -7.88. The summed E-state index contributed by atoms with van der Waals surface area (Å²) < 4.78 is 13.2. The fourth-order valence-electron chi connectivity index (χ4n) is 9.13. The first-order valence-corrected chi connectivity index (χ1v) is 20.1. The molecule has 59 heavy (non-hydrogen) atoms. The van der Waals surface area contributed by atoms with Crippen molar-refractivity contribution < 1.29 is 8.83 Å². The van der Waals surface area contributed by atoms with Gasteiger partial charge < -0.3 is 13.7 Å². The van der Waals surface area contributed by atoms with Gasteiger partial charge in [-0.25, -0.2) is 0 Å². The van der Waals surface area contributed by atoms with E-state index in [1.54, 1.807) is 0 Å². The summed E-state index contributed by atoms with van der Waals surface area (Å²) in [5, 5.41) is 9.41. The number of fused-ring (bicyclic) bond motifs is 10. The summed E-state index contributed by atoms with van der Waals surface area (Å²) in [4.78, 5) is 2.36. The molecular weight excluding hydrogens is 719 g/mol. The van der Waals surface area contributed by atoms with E-state index in [0.29, 0.717) is 0 Å². The van der Waals surface area contributed by atoms with Gasteiger partial charge in [0.25, 0.3) is 0 Å². The van der Waals surface area contributed by atoms with Gasteiger partial charge in [-0.2, -0.15) is 0 Å². The van der Waals surface area contributed by atoms with E-state index in [2.05, 4.69) is 217 Å². The van der Waals surface area contributed by atoms with Crippen molar-refractivity contribution >= 4 is 82.5 Å². The maximum Gasteiger partial charge on any atom is 0.143 e. The van der Waals surface area contributed by atoms with Crippen LogP contribution in [-0.4, -0.2) is 0 Å². The van der Waals surface area contributed by atoms with E-state index >= 15 is 0 Å². The minimum absolute atomic E-state index is 0.903. The lowest BCUT2D eigenvalue weighted by Crippen LogP contribution is -2.11. The lowest BCUT2D eigenvalue weighted by Gasteiger charge is -2.28. The van der Waals surface area contributed by atoms with Crippen LogP contribution in [-0.2, 0) is 0 Å². The first-order chi connectivity index (χ1) is 29.3. The van der Waals surface area contributed by atoms with Crippen LogP contribution in [0.4, 0.5) is 17.1 Å². The van der Waals surface area contributed by atoms with Crippen LogP contribution in [0.15, 0.2) is 221 Å². The van der Waals surface area contributed by atoms with E-state index in [9.17, 15) is 0 Å². The van der Waals surface area contributed by atoms with Crippen molar-refractivity contribution in [2.24, 2.45) is 0 Å². The molecule has 0 aliphatic heterocycles. The van der Waals surface area contributed by atoms with Gasteiger partial charge in [0.15, 0.2) is 0 Å². The average Bonchev–Trinajstić information content (AvgIpc) is 3.90. The summed E-state index contributed by atoms with van der Waals surface area (Å²) in [6.07, 6.45) is 0. The summed E-state index contributed by atoms with van der Waals surface area (Å²) in [6.45, 7) is 0. The Labute approximate surface area is 340 Å². The molecule has 0 fully saturated rings. The molecule has 3 nitrogen and oxygen atoms in total. The Kier molecular flexibility index (Phi) is 7.54. The highest BCUT2D eigenvalue weighted by Crippen LogP contribution is 2.45. The van der Waals surface area contributed by atoms with Crippen molar-refractivity contribution in [2.75, 3.05) is 4.90 Å². The number of rotatable bonds is 6. The number of para-hydroxylation sites is 3. The maximum absolute atomic E-state index is 6.62. The van der Waals surface area contributed by atoms with Gasteiger partial charge in [0.2, 0.25) is 0 Å². The number of anilines is 3. The van der Waals surface area contributed by atoms with Crippen LogP contribution >= 0.6 is 0 Å². The maximum atomic E-state index is 6.62. The zero-order valence-electron chi connectivity index (χ0n) is 32.0. The summed E-state index contributed by atoms with van der Waals surface area (Å²) in [5.74, 6) is 0. The van der Waals surface area contributed by atoms with Gasteiger partial charge >= 0.3 is 0 Å². The molecular formula is C56H35NO2. The van der Waals surface area contributed by atoms with E-state index in [4.69, 9.17) is 8.83 Å². The van der Waals surface area contributed by atoms with E-state index in [1.807, 2.05) is 0 Å². The van der Waals surface area contributed by atoms with Crippen LogP contribution < -0.4 is 4.90 Å². The normalized spacial score (nSPS) is 11.7. The van der Waals surface area contributed by atoms with Gasteiger partial charge in [0, 0.05) is 49.6 Å². The van der Waals surface area contributed by atoms with Gasteiger partial charge in [-0.15, -0.1) is 0 Å². The molecule has 12 rings (SSSR count). The standard InChI is InChI=1S/C56H35NO2/c1-2-12-36(13-3-1)43-16-8-9-23-50(43)57(41-30-24-39(25-31-41)46-19-10-21-48-53-44-17-6-4-14-37(44)28-34-51(53)58-55(46)48)42-32-26-40(27-33-42)47-20-11-22-49-54-45-18-7-5-15-38(45)29-35-52(54)59-56(47)49/h1-35H. The first-order valence-electron chi connectivity index (χ1n) is 20.1. The van der Waals surface area contributed by atoms with Crippen molar-refractivity contribution in [3.8, 4) is 33.4 Å². The minimum Gasteiger partial charge on any atom is -0.455 e. The van der Waals surface area contributed by atoms with E-state index in [0.717, 1.165) is 94.3 Å². The minimum atomic E-state index is 0.903. The lowest BCUT2D eigenvalue weighted by atomic mass is 9.98. The Morgan fingerprint density at radius 2 is 0.712 bits per heavy atom. The van der Waals surface area contributed by atoms with Crippen molar-refractivity contribution in [3.63, 3.8) is 0 Å². The topological polar surface area (TPSA) is 29.5 Å². The highest BCUT2D eigenvalue weighted by atomic mass is 16.3. The van der Waals surface area contributed by atoms with Gasteiger partial charge in [-0.1, -0.05) is 170 Å². The summed E-state index contributed by atoms with van der Waals surface area (Å²) in [6, 6.07) is 75.5. The molecule has 0 saturated carbocycles. The molecule has 0 saturated heterocycles. The van der Waals surface area contributed by atoms with Crippen LogP contribution in [0.2, 0.25) is 0 Å². The average molecular weight is 754 g/mol. The predicted octanol–water partition coefficient (Wildman–Crippen LogP) is 16.3. The van der Waals surface area contributed by atoms with Crippen LogP contribution in [0.25, 0.3) is 98.8 Å². The van der Waals surface area contributed by atoms with Crippen LogP contribution in [0, 0.1) is 0 Å². The summed E-state index contributed by atoms with van der Waals surface area (Å²) in [7, 11) is 0. The number of furan rings is 2. The Balaban J connectivity index is 0.980. The predicted molar refractivity (Wildman–Crippen MR) is 247 cm³/mol. The second-order valence-electron chi connectivity index (χ2n) is 15.2. The fourth-order valence-corrected chi connectivity index (χ4v) is 9.13. The van der Waals surface area contributed by atoms with Gasteiger partial charge in [0.1, 0.15) is 22.3 Å². The third kappa shape index (κ3) is 5.36. The molecule has 2 aromatic heterocycles. The van der Waals surface area contributed by atoms with Crippen LogP contribution in [0.1, 0.15) is 0 Å². The Morgan fingerprint density at radius 1 is 0.288 bits per heavy atom. The smallest absolute Gasteiger partial charge is 0.143 e. The summed E-state index contributed by atoms with van der Waals surface area (Å²) >= 11 is 0. The van der Waals surface area contributed by atoms with Gasteiger partial charge in [-0.05, 0) is 80.7 Å². The van der Waals surface area contributed by atoms with E-state index < -0.39 is 0 Å². The Bertz CT molecular complexity index is 3340. The molecule has 0 unspecified atom stereocenters. The molecule has 0 bridgehead atoms. The van der Waals surface area contributed by atoms with Crippen molar-refractivity contribution in [1.82, 2.24) is 0 Å². The highest BCUT2D eigenvalue weighted by molar-refractivity contribution is 6.22.